The average molecular weight is 312 g/mol. The standard InChI is InChI=1S/C15H21FN2O2S/c1-18(2)13(11-4-3-5-12(16)8-11)9-17-14(19)15(20)6-7-21-10-15/h3-5,8,13,20H,6-7,9-10H2,1-2H3,(H,17,19). The molecule has 0 radical (unpaired) electrons. The fourth-order valence-corrected chi connectivity index (χ4v) is 3.64. The van der Waals surface area contributed by atoms with Crippen LogP contribution in [0.4, 0.5) is 4.39 Å². The van der Waals surface area contributed by atoms with Crippen molar-refractivity contribution in [3.05, 3.63) is 35.6 Å². The molecule has 4 nitrogen and oxygen atoms in total. The van der Waals surface area contributed by atoms with Crippen molar-refractivity contribution in [1.82, 2.24) is 10.2 Å². The van der Waals surface area contributed by atoms with E-state index in [1.165, 1.54) is 12.1 Å². The van der Waals surface area contributed by atoms with E-state index in [9.17, 15) is 14.3 Å². The van der Waals surface area contributed by atoms with Crippen LogP contribution in [-0.4, -0.2) is 53.7 Å². The van der Waals surface area contributed by atoms with Gasteiger partial charge in [-0.05, 0) is 44.0 Å². The Bertz CT molecular complexity index is 504. The first-order valence-corrected chi connectivity index (χ1v) is 8.08. The van der Waals surface area contributed by atoms with Crippen molar-refractivity contribution < 1.29 is 14.3 Å². The second-order valence-corrected chi connectivity index (χ2v) is 6.68. The van der Waals surface area contributed by atoms with Crippen molar-refractivity contribution in [1.29, 1.82) is 0 Å². The lowest BCUT2D eigenvalue weighted by molar-refractivity contribution is -0.137. The molecule has 2 unspecified atom stereocenters. The highest BCUT2D eigenvalue weighted by atomic mass is 32.2. The molecule has 1 saturated heterocycles. The van der Waals surface area contributed by atoms with Gasteiger partial charge in [-0.15, -0.1) is 0 Å². The van der Waals surface area contributed by atoms with E-state index in [1.54, 1.807) is 17.8 Å². The zero-order valence-corrected chi connectivity index (χ0v) is 13.1. The van der Waals surface area contributed by atoms with Crippen molar-refractivity contribution in [2.45, 2.75) is 18.1 Å². The molecule has 1 fully saturated rings. The van der Waals surface area contributed by atoms with Gasteiger partial charge in [0, 0.05) is 12.3 Å². The SMILES string of the molecule is CN(C)C(CNC(=O)C1(O)CCSC1)c1cccc(F)c1. The third-order valence-corrected chi connectivity index (χ3v) is 4.91. The first-order chi connectivity index (χ1) is 9.92. The summed E-state index contributed by atoms with van der Waals surface area (Å²) in [4.78, 5) is 14.0. The maximum Gasteiger partial charge on any atom is 0.252 e. The van der Waals surface area contributed by atoms with Gasteiger partial charge in [0.1, 0.15) is 5.82 Å². The summed E-state index contributed by atoms with van der Waals surface area (Å²) in [7, 11) is 3.75. The van der Waals surface area contributed by atoms with Gasteiger partial charge in [0.2, 0.25) is 0 Å². The van der Waals surface area contributed by atoms with Gasteiger partial charge in [-0.1, -0.05) is 12.1 Å². The van der Waals surface area contributed by atoms with Gasteiger partial charge in [-0.3, -0.25) is 4.79 Å². The highest BCUT2D eigenvalue weighted by Crippen LogP contribution is 2.28. The molecule has 0 saturated carbocycles. The summed E-state index contributed by atoms with van der Waals surface area (Å²) in [6.07, 6.45) is 0.482. The van der Waals surface area contributed by atoms with Crippen molar-refractivity contribution in [3.8, 4) is 0 Å². The summed E-state index contributed by atoms with van der Waals surface area (Å²) in [6.45, 7) is 0.336. The van der Waals surface area contributed by atoms with Gasteiger partial charge in [0.15, 0.2) is 5.60 Å². The number of halogens is 1. The number of hydrogen-bond acceptors (Lipinski definition) is 4. The van der Waals surface area contributed by atoms with Gasteiger partial charge in [0.25, 0.3) is 5.91 Å². The van der Waals surface area contributed by atoms with E-state index in [0.29, 0.717) is 18.7 Å². The van der Waals surface area contributed by atoms with Crippen molar-refractivity contribution in [3.63, 3.8) is 0 Å². The molecule has 1 heterocycles. The number of amides is 1. The Hall–Kier alpha value is -1.11. The first kappa shape index (κ1) is 16.3. The lowest BCUT2D eigenvalue weighted by atomic mass is 10.0. The topological polar surface area (TPSA) is 52.6 Å². The largest absolute Gasteiger partial charge is 0.379 e. The van der Waals surface area contributed by atoms with Crippen LogP contribution in [0.5, 0.6) is 0 Å². The minimum atomic E-state index is -1.26. The molecule has 1 aliphatic heterocycles. The monoisotopic (exact) mass is 312 g/mol. The lowest BCUT2D eigenvalue weighted by Crippen LogP contribution is -2.48. The third kappa shape index (κ3) is 3.96. The van der Waals surface area contributed by atoms with Gasteiger partial charge < -0.3 is 15.3 Å². The van der Waals surface area contributed by atoms with Crippen LogP contribution in [0.25, 0.3) is 0 Å². The number of nitrogens with zero attached hydrogens (tertiary/aromatic N) is 1. The smallest absolute Gasteiger partial charge is 0.252 e. The number of aliphatic hydroxyl groups is 1. The van der Waals surface area contributed by atoms with Crippen LogP contribution >= 0.6 is 11.8 Å². The van der Waals surface area contributed by atoms with Crippen LogP contribution in [0.15, 0.2) is 24.3 Å². The Morgan fingerprint density at radius 1 is 1.57 bits per heavy atom. The Kier molecular flexibility index (Phi) is 5.24. The zero-order chi connectivity index (χ0) is 15.5. The minimum Gasteiger partial charge on any atom is -0.379 e. The fourth-order valence-electron chi connectivity index (χ4n) is 2.40. The Morgan fingerprint density at radius 3 is 2.90 bits per heavy atom. The molecule has 0 spiro atoms. The summed E-state index contributed by atoms with van der Waals surface area (Å²) in [6, 6.07) is 6.22. The molecule has 1 aromatic rings. The van der Waals surface area contributed by atoms with Crippen molar-refractivity contribution in [2.75, 3.05) is 32.1 Å². The molecule has 6 heteroatoms. The van der Waals surface area contributed by atoms with Gasteiger partial charge in [0.05, 0.1) is 6.04 Å². The van der Waals surface area contributed by atoms with E-state index in [1.807, 2.05) is 25.1 Å². The summed E-state index contributed by atoms with van der Waals surface area (Å²) < 4.78 is 13.3. The molecule has 1 amide bonds. The van der Waals surface area contributed by atoms with E-state index in [-0.39, 0.29) is 17.8 Å². The van der Waals surface area contributed by atoms with E-state index in [0.717, 1.165) is 11.3 Å². The molecule has 2 rings (SSSR count). The predicted molar refractivity (Wildman–Crippen MR) is 82.7 cm³/mol. The van der Waals surface area contributed by atoms with E-state index >= 15 is 0 Å². The van der Waals surface area contributed by atoms with Crippen LogP contribution in [0.1, 0.15) is 18.0 Å². The molecule has 21 heavy (non-hydrogen) atoms. The quantitative estimate of drug-likeness (QED) is 0.863. The minimum absolute atomic E-state index is 0.137. The molecule has 1 aromatic carbocycles. The number of thioether (sulfide) groups is 1. The number of carbonyl (C=O) groups is 1. The lowest BCUT2D eigenvalue weighted by Gasteiger charge is -2.27. The first-order valence-electron chi connectivity index (χ1n) is 6.93. The second kappa shape index (κ2) is 6.77. The summed E-state index contributed by atoms with van der Waals surface area (Å²) in [5.41, 5.74) is -0.461. The summed E-state index contributed by atoms with van der Waals surface area (Å²) in [5, 5.41) is 13.0. The number of carbonyl (C=O) groups excluding carboxylic acids is 1. The maximum absolute atomic E-state index is 13.3. The fraction of sp³-hybridized carbons (Fsp3) is 0.533. The van der Waals surface area contributed by atoms with Gasteiger partial charge in [-0.25, -0.2) is 4.39 Å². The van der Waals surface area contributed by atoms with E-state index < -0.39 is 5.60 Å². The van der Waals surface area contributed by atoms with Gasteiger partial charge >= 0.3 is 0 Å². The maximum atomic E-state index is 13.3. The number of nitrogens with one attached hydrogen (secondary N) is 1. The van der Waals surface area contributed by atoms with Crippen molar-refractivity contribution in [2.24, 2.45) is 0 Å². The predicted octanol–water partition coefficient (Wildman–Crippen LogP) is 1.41. The molecular weight excluding hydrogens is 291 g/mol. The number of hydrogen-bond donors (Lipinski definition) is 2. The van der Waals surface area contributed by atoms with Crippen LogP contribution in [0, 0.1) is 5.82 Å². The summed E-state index contributed by atoms with van der Waals surface area (Å²) >= 11 is 1.58. The highest BCUT2D eigenvalue weighted by Gasteiger charge is 2.39. The zero-order valence-electron chi connectivity index (χ0n) is 12.3. The molecular formula is C15H21FN2O2S. The Balaban J connectivity index is 2.02. The Labute approximate surface area is 128 Å². The Morgan fingerprint density at radius 2 is 2.33 bits per heavy atom. The molecule has 116 valence electrons. The molecule has 2 atom stereocenters. The molecule has 1 aliphatic rings. The normalized spacial score (nSPS) is 23.3. The number of rotatable bonds is 5. The molecule has 0 aromatic heterocycles. The molecule has 2 N–H and O–H groups in total. The molecule has 0 bridgehead atoms. The van der Waals surface area contributed by atoms with Crippen LogP contribution < -0.4 is 5.32 Å². The third-order valence-electron chi connectivity index (χ3n) is 3.74. The van der Waals surface area contributed by atoms with Crippen LogP contribution in [0.3, 0.4) is 0 Å². The average Bonchev–Trinajstić information content (AvgIpc) is 2.87. The van der Waals surface area contributed by atoms with Gasteiger partial charge in [-0.2, -0.15) is 11.8 Å². The van der Waals surface area contributed by atoms with Crippen LogP contribution in [-0.2, 0) is 4.79 Å². The second-order valence-electron chi connectivity index (χ2n) is 5.58. The van der Waals surface area contributed by atoms with Crippen molar-refractivity contribution >= 4 is 17.7 Å². The van der Waals surface area contributed by atoms with E-state index in [2.05, 4.69) is 5.32 Å². The van der Waals surface area contributed by atoms with E-state index in [4.69, 9.17) is 0 Å². The highest BCUT2D eigenvalue weighted by molar-refractivity contribution is 7.99. The number of likely N-dealkylation sites (N-methyl/N-ethyl adjacent to an activating group) is 1. The summed E-state index contributed by atoms with van der Waals surface area (Å²) in [5.74, 6) is 0.600. The number of benzene rings is 1. The molecule has 0 aliphatic carbocycles. The van der Waals surface area contributed by atoms with Crippen LogP contribution in [0.2, 0.25) is 0 Å².